The van der Waals surface area contributed by atoms with Gasteiger partial charge in [0.15, 0.2) is 0 Å². The molecule has 0 saturated carbocycles. The van der Waals surface area contributed by atoms with Crippen LogP contribution in [-0.4, -0.2) is 0 Å². The Hall–Kier alpha value is -1.66. The Morgan fingerprint density at radius 3 is 1.64 bits per heavy atom. The largest absolute Gasteiger partial charge is 0.106 e. The van der Waals surface area contributed by atoms with Gasteiger partial charge < -0.3 is 0 Å². The van der Waals surface area contributed by atoms with Crippen LogP contribution in [0.15, 0.2) is 24.3 Å². The fourth-order valence-electron chi connectivity index (χ4n) is 1.27. The van der Waals surface area contributed by atoms with Crippen molar-refractivity contribution in [3.05, 3.63) is 35.4 Å². The topological polar surface area (TPSA) is 0 Å². The Balaban J connectivity index is 2.86. The predicted molar refractivity (Wildman–Crippen MR) is 60.8 cm³/mol. The summed E-state index contributed by atoms with van der Waals surface area (Å²) in [6.45, 7) is 3.74. The maximum Gasteiger partial charge on any atom is 0.0343 e. The van der Waals surface area contributed by atoms with Gasteiger partial charge in [-0.2, -0.15) is 0 Å². The second kappa shape index (κ2) is 5.90. The summed E-state index contributed by atoms with van der Waals surface area (Å²) >= 11 is 0. The molecule has 0 nitrogen and oxygen atoms in total. The lowest BCUT2D eigenvalue weighted by atomic mass is 10.0. The number of hydrogen-bond acceptors (Lipinski definition) is 0. The summed E-state index contributed by atoms with van der Waals surface area (Å²) in [4.78, 5) is 0. The quantitative estimate of drug-likeness (QED) is 0.617. The second-order valence-corrected chi connectivity index (χ2v) is 2.98. The molecule has 0 amide bonds. The highest BCUT2D eigenvalue weighted by Gasteiger charge is 1.97. The van der Waals surface area contributed by atoms with Crippen LogP contribution in [0.1, 0.15) is 25.0 Å². The average molecular weight is 182 g/mol. The highest BCUT2D eigenvalue weighted by molar-refractivity contribution is 5.33. The molecule has 0 atom stereocenters. The van der Waals surface area contributed by atoms with Crippen molar-refractivity contribution in [3.8, 4) is 23.7 Å². The molecule has 0 heterocycles. The van der Waals surface area contributed by atoms with E-state index in [-0.39, 0.29) is 0 Å². The van der Waals surface area contributed by atoms with Gasteiger partial charge in [0, 0.05) is 12.8 Å². The van der Waals surface area contributed by atoms with Crippen LogP contribution in [0.2, 0.25) is 0 Å². The van der Waals surface area contributed by atoms with Gasteiger partial charge in [0.2, 0.25) is 0 Å². The lowest BCUT2D eigenvalue weighted by Crippen LogP contribution is -1.91. The lowest BCUT2D eigenvalue weighted by Gasteiger charge is -2.02. The van der Waals surface area contributed by atoms with Gasteiger partial charge in [-0.05, 0) is 25.0 Å². The van der Waals surface area contributed by atoms with Crippen LogP contribution in [0, 0.1) is 23.7 Å². The van der Waals surface area contributed by atoms with E-state index in [0.29, 0.717) is 0 Å². The van der Waals surface area contributed by atoms with E-state index >= 15 is 0 Å². The molecule has 70 valence electrons. The SMILES string of the molecule is CC#CCc1ccccc1CC#CC. The van der Waals surface area contributed by atoms with E-state index in [0.717, 1.165) is 12.8 Å². The molecule has 0 aromatic heterocycles. The molecular formula is C14H14. The Morgan fingerprint density at radius 2 is 1.29 bits per heavy atom. The predicted octanol–water partition coefficient (Wildman–Crippen LogP) is 2.82. The van der Waals surface area contributed by atoms with Gasteiger partial charge in [-0.25, -0.2) is 0 Å². The van der Waals surface area contributed by atoms with Crippen LogP contribution in [0.3, 0.4) is 0 Å². The third-order valence-electron chi connectivity index (χ3n) is 2.03. The smallest absolute Gasteiger partial charge is 0.0343 e. The van der Waals surface area contributed by atoms with E-state index in [4.69, 9.17) is 0 Å². The molecule has 0 aliphatic rings. The normalized spacial score (nSPS) is 8.14. The van der Waals surface area contributed by atoms with E-state index in [1.54, 1.807) is 0 Å². The Labute approximate surface area is 86.3 Å². The van der Waals surface area contributed by atoms with Gasteiger partial charge in [-0.3, -0.25) is 0 Å². The number of hydrogen-bond donors (Lipinski definition) is 0. The Bertz CT molecular complexity index is 364. The van der Waals surface area contributed by atoms with E-state index in [1.165, 1.54) is 11.1 Å². The molecule has 1 aromatic rings. The average Bonchev–Trinajstić information content (AvgIpc) is 2.24. The molecule has 14 heavy (non-hydrogen) atoms. The van der Waals surface area contributed by atoms with Crippen molar-refractivity contribution >= 4 is 0 Å². The van der Waals surface area contributed by atoms with Crippen LogP contribution in [0.5, 0.6) is 0 Å². The van der Waals surface area contributed by atoms with Gasteiger partial charge in [0.1, 0.15) is 0 Å². The highest BCUT2D eigenvalue weighted by atomic mass is 14.0. The second-order valence-electron chi connectivity index (χ2n) is 2.98. The minimum absolute atomic E-state index is 0.831. The molecule has 0 radical (unpaired) electrons. The summed E-state index contributed by atoms with van der Waals surface area (Å²) < 4.78 is 0. The zero-order chi connectivity index (χ0) is 10.2. The zero-order valence-corrected chi connectivity index (χ0v) is 8.72. The van der Waals surface area contributed by atoms with Gasteiger partial charge in [-0.1, -0.05) is 36.1 Å². The first kappa shape index (κ1) is 10.4. The third kappa shape index (κ3) is 3.00. The molecule has 0 heteroatoms. The monoisotopic (exact) mass is 182 g/mol. The maximum atomic E-state index is 3.08. The van der Waals surface area contributed by atoms with Crippen molar-refractivity contribution in [1.82, 2.24) is 0 Å². The van der Waals surface area contributed by atoms with Gasteiger partial charge in [0.05, 0.1) is 0 Å². The molecule has 0 N–H and O–H groups in total. The van der Waals surface area contributed by atoms with Gasteiger partial charge >= 0.3 is 0 Å². The summed E-state index contributed by atoms with van der Waals surface area (Å²) in [7, 11) is 0. The Kier molecular flexibility index (Phi) is 4.39. The van der Waals surface area contributed by atoms with Gasteiger partial charge in [0.25, 0.3) is 0 Å². The molecule has 0 aliphatic heterocycles. The minimum Gasteiger partial charge on any atom is -0.106 e. The minimum atomic E-state index is 0.831. The summed E-state index contributed by atoms with van der Waals surface area (Å²) in [6.07, 6.45) is 1.66. The molecule has 0 bridgehead atoms. The number of benzene rings is 1. The molecule has 0 fully saturated rings. The fourth-order valence-corrected chi connectivity index (χ4v) is 1.27. The zero-order valence-electron chi connectivity index (χ0n) is 8.72. The molecule has 0 saturated heterocycles. The van der Waals surface area contributed by atoms with Crippen molar-refractivity contribution in [1.29, 1.82) is 0 Å². The maximum absolute atomic E-state index is 3.08. The van der Waals surface area contributed by atoms with Crippen LogP contribution in [-0.2, 0) is 12.8 Å². The third-order valence-corrected chi connectivity index (χ3v) is 2.03. The standard InChI is InChI=1S/C14H14/c1-3-5-9-13-11-7-8-12-14(13)10-6-4-2/h7-8,11-12H,9-10H2,1-2H3. The van der Waals surface area contributed by atoms with Crippen LogP contribution < -0.4 is 0 Å². The highest BCUT2D eigenvalue weighted by Crippen LogP contribution is 2.09. The summed E-state index contributed by atoms with van der Waals surface area (Å²) in [6, 6.07) is 8.35. The summed E-state index contributed by atoms with van der Waals surface area (Å²) in [5.74, 6) is 12.0. The van der Waals surface area contributed by atoms with Crippen molar-refractivity contribution in [2.75, 3.05) is 0 Å². The summed E-state index contributed by atoms with van der Waals surface area (Å²) in [5.41, 5.74) is 2.59. The van der Waals surface area contributed by atoms with E-state index < -0.39 is 0 Å². The fraction of sp³-hybridized carbons (Fsp3) is 0.286. The van der Waals surface area contributed by atoms with E-state index in [2.05, 4.69) is 47.9 Å². The Morgan fingerprint density at radius 1 is 0.857 bits per heavy atom. The van der Waals surface area contributed by atoms with Crippen LogP contribution in [0.25, 0.3) is 0 Å². The van der Waals surface area contributed by atoms with Crippen molar-refractivity contribution < 1.29 is 0 Å². The van der Waals surface area contributed by atoms with Crippen molar-refractivity contribution in [2.45, 2.75) is 26.7 Å². The molecule has 0 aliphatic carbocycles. The lowest BCUT2D eigenvalue weighted by molar-refractivity contribution is 1.19. The van der Waals surface area contributed by atoms with Gasteiger partial charge in [-0.15, -0.1) is 11.8 Å². The first-order valence-corrected chi connectivity index (χ1v) is 4.74. The van der Waals surface area contributed by atoms with Crippen LogP contribution >= 0.6 is 0 Å². The molecule has 1 rings (SSSR count). The summed E-state index contributed by atoms with van der Waals surface area (Å²) in [5, 5.41) is 0. The molecule has 0 unspecified atom stereocenters. The first-order chi connectivity index (χ1) is 6.88. The van der Waals surface area contributed by atoms with Crippen LogP contribution in [0.4, 0.5) is 0 Å². The van der Waals surface area contributed by atoms with E-state index in [9.17, 15) is 0 Å². The number of rotatable bonds is 2. The molecule has 0 spiro atoms. The van der Waals surface area contributed by atoms with E-state index in [1.807, 2.05) is 13.8 Å². The van der Waals surface area contributed by atoms with Crippen molar-refractivity contribution in [3.63, 3.8) is 0 Å². The molecular weight excluding hydrogens is 168 g/mol. The first-order valence-electron chi connectivity index (χ1n) is 4.74. The molecule has 1 aromatic carbocycles. The van der Waals surface area contributed by atoms with Crippen molar-refractivity contribution in [2.24, 2.45) is 0 Å².